The molecule has 0 unspecified atom stereocenters. The maximum Gasteiger partial charge on any atom is 0.233 e. The van der Waals surface area contributed by atoms with Gasteiger partial charge in [-0.25, -0.2) is 4.98 Å². The second-order valence-corrected chi connectivity index (χ2v) is 6.00. The highest BCUT2D eigenvalue weighted by Crippen LogP contribution is 2.26. The van der Waals surface area contributed by atoms with Gasteiger partial charge < -0.3 is 5.32 Å². The number of rotatable bonds is 4. The van der Waals surface area contributed by atoms with Gasteiger partial charge in [-0.2, -0.15) is 0 Å². The molecule has 0 aliphatic rings. The van der Waals surface area contributed by atoms with Crippen LogP contribution in [0.2, 0.25) is 0 Å². The van der Waals surface area contributed by atoms with Crippen molar-refractivity contribution in [1.82, 2.24) is 4.98 Å². The number of carbonyl (C=O) groups excluding carboxylic acids is 1. The van der Waals surface area contributed by atoms with Crippen LogP contribution in [0.1, 0.15) is 13.8 Å². The maximum absolute atomic E-state index is 12.0. The van der Waals surface area contributed by atoms with Crippen LogP contribution in [0.5, 0.6) is 0 Å². The van der Waals surface area contributed by atoms with E-state index in [0.717, 1.165) is 11.3 Å². The molecule has 1 aromatic carbocycles. The SMILES string of the molecule is CC(C)(CCl)C(=O)Nc1nc(-c2ccccc2)cs1. The third kappa shape index (κ3) is 3.33. The Morgan fingerprint density at radius 1 is 1.37 bits per heavy atom. The fraction of sp³-hybridized carbons (Fsp3) is 0.286. The number of halogens is 1. The fourth-order valence-electron chi connectivity index (χ4n) is 1.40. The number of hydrogen-bond donors (Lipinski definition) is 1. The van der Waals surface area contributed by atoms with Crippen molar-refractivity contribution in [2.75, 3.05) is 11.2 Å². The molecule has 0 aliphatic carbocycles. The van der Waals surface area contributed by atoms with Gasteiger partial charge in [-0.15, -0.1) is 22.9 Å². The molecule has 0 atom stereocenters. The molecule has 5 heteroatoms. The normalized spacial score (nSPS) is 11.3. The zero-order valence-electron chi connectivity index (χ0n) is 10.8. The molecule has 1 amide bonds. The molecule has 2 rings (SSSR count). The summed E-state index contributed by atoms with van der Waals surface area (Å²) in [6, 6.07) is 9.86. The van der Waals surface area contributed by atoms with Crippen molar-refractivity contribution < 1.29 is 4.79 Å². The van der Waals surface area contributed by atoms with E-state index in [1.807, 2.05) is 35.7 Å². The molecule has 19 heavy (non-hydrogen) atoms. The van der Waals surface area contributed by atoms with Crippen LogP contribution in [0, 0.1) is 5.41 Å². The molecular formula is C14H15ClN2OS. The lowest BCUT2D eigenvalue weighted by atomic mass is 9.95. The summed E-state index contributed by atoms with van der Waals surface area (Å²) in [4.78, 5) is 16.4. The van der Waals surface area contributed by atoms with Crippen LogP contribution in [0.15, 0.2) is 35.7 Å². The Morgan fingerprint density at radius 3 is 2.68 bits per heavy atom. The number of carbonyl (C=O) groups is 1. The Bertz CT molecular complexity index is 566. The number of aromatic nitrogens is 1. The van der Waals surface area contributed by atoms with E-state index < -0.39 is 5.41 Å². The molecule has 0 spiro atoms. The number of nitrogens with zero attached hydrogens (tertiary/aromatic N) is 1. The molecule has 0 bridgehead atoms. The van der Waals surface area contributed by atoms with Crippen LogP contribution in [0.25, 0.3) is 11.3 Å². The van der Waals surface area contributed by atoms with E-state index >= 15 is 0 Å². The minimum absolute atomic E-state index is 0.114. The van der Waals surface area contributed by atoms with E-state index in [-0.39, 0.29) is 11.8 Å². The molecule has 0 aliphatic heterocycles. The quantitative estimate of drug-likeness (QED) is 0.866. The summed E-state index contributed by atoms with van der Waals surface area (Å²) in [5, 5.41) is 5.34. The second-order valence-electron chi connectivity index (χ2n) is 4.88. The van der Waals surface area contributed by atoms with Gasteiger partial charge in [-0.1, -0.05) is 30.3 Å². The van der Waals surface area contributed by atoms with E-state index in [1.165, 1.54) is 11.3 Å². The van der Waals surface area contributed by atoms with Crippen molar-refractivity contribution in [2.24, 2.45) is 5.41 Å². The number of thiazole rings is 1. The first kappa shape index (κ1) is 14.0. The minimum Gasteiger partial charge on any atom is -0.301 e. The van der Waals surface area contributed by atoms with Gasteiger partial charge in [0.1, 0.15) is 0 Å². The number of nitrogens with one attached hydrogen (secondary N) is 1. The molecular weight excluding hydrogens is 280 g/mol. The van der Waals surface area contributed by atoms with Gasteiger partial charge in [0.25, 0.3) is 0 Å². The standard InChI is InChI=1S/C14H15ClN2OS/c1-14(2,9-15)12(18)17-13-16-11(8-19-13)10-6-4-3-5-7-10/h3-8H,9H2,1-2H3,(H,16,17,18). The Kier molecular flexibility index (Phi) is 4.22. The van der Waals surface area contributed by atoms with Crippen molar-refractivity contribution in [2.45, 2.75) is 13.8 Å². The van der Waals surface area contributed by atoms with Crippen molar-refractivity contribution in [1.29, 1.82) is 0 Å². The van der Waals surface area contributed by atoms with Crippen LogP contribution < -0.4 is 5.32 Å². The summed E-state index contributed by atoms with van der Waals surface area (Å²) in [6.07, 6.45) is 0. The summed E-state index contributed by atoms with van der Waals surface area (Å²) in [7, 11) is 0. The Hall–Kier alpha value is -1.39. The smallest absolute Gasteiger partial charge is 0.233 e. The maximum atomic E-state index is 12.0. The largest absolute Gasteiger partial charge is 0.301 e. The number of alkyl halides is 1. The Labute approximate surface area is 121 Å². The Balaban J connectivity index is 2.13. The first-order valence-corrected chi connectivity index (χ1v) is 7.33. The zero-order chi connectivity index (χ0) is 13.9. The first-order chi connectivity index (χ1) is 9.03. The lowest BCUT2D eigenvalue weighted by molar-refractivity contribution is -0.122. The lowest BCUT2D eigenvalue weighted by Gasteiger charge is -2.18. The number of benzene rings is 1. The van der Waals surface area contributed by atoms with E-state index in [0.29, 0.717) is 5.13 Å². The topological polar surface area (TPSA) is 42.0 Å². The van der Waals surface area contributed by atoms with Gasteiger partial charge in [0, 0.05) is 16.8 Å². The molecule has 2 aromatic rings. The summed E-state index contributed by atoms with van der Waals surface area (Å²) in [6.45, 7) is 3.61. The van der Waals surface area contributed by atoms with Gasteiger partial charge in [0.05, 0.1) is 11.1 Å². The van der Waals surface area contributed by atoms with Crippen molar-refractivity contribution >= 4 is 34.0 Å². The highest BCUT2D eigenvalue weighted by Gasteiger charge is 2.27. The van der Waals surface area contributed by atoms with E-state index in [1.54, 1.807) is 13.8 Å². The van der Waals surface area contributed by atoms with Gasteiger partial charge >= 0.3 is 0 Å². The molecule has 1 N–H and O–H groups in total. The van der Waals surface area contributed by atoms with E-state index in [9.17, 15) is 4.79 Å². The summed E-state index contributed by atoms with van der Waals surface area (Å²) < 4.78 is 0. The average Bonchev–Trinajstić information content (AvgIpc) is 2.88. The molecule has 1 aromatic heterocycles. The van der Waals surface area contributed by atoms with Crippen LogP contribution >= 0.6 is 22.9 Å². The van der Waals surface area contributed by atoms with Crippen LogP contribution in [0.3, 0.4) is 0 Å². The van der Waals surface area contributed by atoms with E-state index in [2.05, 4.69) is 10.3 Å². The highest BCUT2D eigenvalue weighted by atomic mass is 35.5. The average molecular weight is 295 g/mol. The fourth-order valence-corrected chi connectivity index (χ4v) is 2.24. The molecule has 0 fully saturated rings. The molecule has 0 saturated carbocycles. The molecule has 1 heterocycles. The minimum atomic E-state index is -0.597. The van der Waals surface area contributed by atoms with Gasteiger partial charge in [-0.05, 0) is 13.8 Å². The summed E-state index contributed by atoms with van der Waals surface area (Å²) in [5.74, 6) is 0.159. The van der Waals surface area contributed by atoms with Crippen molar-refractivity contribution in [3.05, 3.63) is 35.7 Å². The van der Waals surface area contributed by atoms with Crippen LogP contribution in [-0.2, 0) is 4.79 Å². The van der Waals surface area contributed by atoms with Crippen LogP contribution in [-0.4, -0.2) is 16.8 Å². The molecule has 0 radical (unpaired) electrons. The number of hydrogen-bond acceptors (Lipinski definition) is 3. The van der Waals surface area contributed by atoms with Crippen LogP contribution in [0.4, 0.5) is 5.13 Å². The third-order valence-electron chi connectivity index (χ3n) is 2.74. The van der Waals surface area contributed by atoms with Crippen molar-refractivity contribution in [3.8, 4) is 11.3 Å². The number of amides is 1. The zero-order valence-corrected chi connectivity index (χ0v) is 12.4. The predicted molar refractivity (Wildman–Crippen MR) is 80.7 cm³/mol. The number of anilines is 1. The summed E-state index contributed by atoms with van der Waals surface area (Å²) in [5.41, 5.74) is 1.31. The molecule has 3 nitrogen and oxygen atoms in total. The monoisotopic (exact) mass is 294 g/mol. The summed E-state index contributed by atoms with van der Waals surface area (Å²) >= 11 is 7.19. The molecule has 0 saturated heterocycles. The highest BCUT2D eigenvalue weighted by molar-refractivity contribution is 7.14. The van der Waals surface area contributed by atoms with Gasteiger partial charge in [0.2, 0.25) is 5.91 Å². The predicted octanol–water partition coefficient (Wildman–Crippen LogP) is 4.01. The first-order valence-electron chi connectivity index (χ1n) is 5.91. The third-order valence-corrected chi connectivity index (χ3v) is 4.17. The molecule has 100 valence electrons. The van der Waals surface area contributed by atoms with E-state index in [4.69, 9.17) is 11.6 Å². The van der Waals surface area contributed by atoms with Crippen molar-refractivity contribution in [3.63, 3.8) is 0 Å². The second kappa shape index (κ2) is 5.72. The lowest BCUT2D eigenvalue weighted by Crippen LogP contribution is -2.32. The van der Waals surface area contributed by atoms with Gasteiger partial charge in [-0.3, -0.25) is 4.79 Å². The van der Waals surface area contributed by atoms with Gasteiger partial charge in [0.15, 0.2) is 5.13 Å². The Morgan fingerprint density at radius 2 is 2.05 bits per heavy atom.